The lowest BCUT2D eigenvalue weighted by Crippen LogP contribution is -2.43. The summed E-state index contributed by atoms with van der Waals surface area (Å²) in [6.07, 6.45) is 0.955. The van der Waals surface area contributed by atoms with Gasteiger partial charge in [0.25, 0.3) is 0 Å². The highest BCUT2D eigenvalue weighted by Crippen LogP contribution is 2.20. The average molecular weight is 262 g/mol. The minimum Gasteiger partial charge on any atom is -0.497 e. The number of carbonyl (C=O) groups excluding carboxylic acids is 2. The number of nitrogens with two attached hydrogens (primary N) is 1. The van der Waals surface area contributed by atoms with Crippen LogP contribution in [-0.2, 0) is 16.1 Å². The van der Waals surface area contributed by atoms with Crippen molar-refractivity contribution in [2.45, 2.75) is 19.4 Å². The fourth-order valence-electron chi connectivity index (χ4n) is 2.25. The molecule has 0 bridgehead atoms. The molecule has 0 aliphatic carbocycles. The van der Waals surface area contributed by atoms with E-state index < -0.39 is 0 Å². The minimum absolute atomic E-state index is 0.0771. The zero-order valence-electron chi connectivity index (χ0n) is 11.0. The van der Waals surface area contributed by atoms with Gasteiger partial charge < -0.3 is 15.4 Å². The second kappa shape index (κ2) is 5.73. The molecular formula is C14H18N2O3. The Labute approximate surface area is 112 Å². The summed E-state index contributed by atoms with van der Waals surface area (Å²) in [7, 11) is 1.61. The van der Waals surface area contributed by atoms with Gasteiger partial charge >= 0.3 is 0 Å². The number of methoxy groups -OCH3 is 1. The molecular weight excluding hydrogens is 244 g/mol. The number of amides is 2. The van der Waals surface area contributed by atoms with Gasteiger partial charge in [0.05, 0.1) is 13.0 Å². The number of likely N-dealkylation sites (tertiary alicyclic amines) is 1. The lowest BCUT2D eigenvalue weighted by atomic mass is 9.96. The van der Waals surface area contributed by atoms with Gasteiger partial charge in [0.1, 0.15) is 5.75 Å². The third kappa shape index (κ3) is 3.24. The molecule has 1 saturated heterocycles. The molecule has 1 aliphatic heterocycles. The maximum absolute atomic E-state index is 11.8. The Morgan fingerprint density at radius 3 is 2.68 bits per heavy atom. The molecule has 0 saturated carbocycles. The highest BCUT2D eigenvalue weighted by Gasteiger charge is 2.28. The predicted molar refractivity (Wildman–Crippen MR) is 70.3 cm³/mol. The molecule has 1 aromatic carbocycles. The van der Waals surface area contributed by atoms with Crippen molar-refractivity contribution in [2.75, 3.05) is 13.7 Å². The molecule has 0 radical (unpaired) electrons. The quantitative estimate of drug-likeness (QED) is 0.877. The second-order valence-corrected chi connectivity index (χ2v) is 4.76. The van der Waals surface area contributed by atoms with Gasteiger partial charge in [-0.15, -0.1) is 0 Å². The van der Waals surface area contributed by atoms with Crippen LogP contribution in [0.4, 0.5) is 0 Å². The van der Waals surface area contributed by atoms with Crippen LogP contribution >= 0.6 is 0 Å². The number of benzene rings is 1. The van der Waals surface area contributed by atoms with Crippen molar-refractivity contribution in [1.82, 2.24) is 4.90 Å². The molecule has 5 nitrogen and oxygen atoms in total. The second-order valence-electron chi connectivity index (χ2n) is 4.76. The zero-order valence-corrected chi connectivity index (χ0v) is 11.0. The Morgan fingerprint density at radius 2 is 2.11 bits per heavy atom. The van der Waals surface area contributed by atoms with Crippen molar-refractivity contribution in [1.29, 1.82) is 0 Å². The summed E-state index contributed by atoms with van der Waals surface area (Å²) in [5, 5.41) is 0. The Morgan fingerprint density at radius 1 is 1.42 bits per heavy atom. The molecule has 0 aromatic heterocycles. The maximum Gasteiger partial charge on any atom is 0.222 e. The van der Waals surface area contributed by atoms with E-state index in [0.29, 0.717) is 25.9 Å². The maximum atomic E-state index is 11.8. The molecule has 0 spiro atoms. The Hall–Kier alpha value is -2.04. The van der Waals surface area contributed by atoms with Crippen LogP contribution in [0.2, 0.25) is 0 Å². The van der Waals surface area contributed by atoms with Crippen molar-refractivity contribution in [3.8, 4) is 5.75 Å². The molecule has 19 heavy (non-hydrogen) atoms. The topological polar surface area (TPSA) is 72.6 Å². The molecule has 1 fully saturated rings. The smallest absolute Gasteiger partial charge is 0.222 e. The summed E-state index contributed by atoms with van der Waals surface area (Å²) in [6.45, 7) is 0.923. The van der Waals surface area contributed by atoms with Crippen molar-refractivity contribution in [3.05, 3.63) is 29.8 Å². The van der Waals surface area contributed by atoms with E-state index in [-0.39, 0.29) is 17.7 Å². The van der Waals surface area contributed by atoms with Crippen LogP contribution in [0.3, 0.4) is 0 Å². The number of rotatable bonds is 4. The Kier molecular flexibility index (Phi) is 4.04. The van der Waals surface area contributed by atoms with E-state index in [1.165, 1.54) is 0 Å². The van der Waals surface area contributed by atoms with E-state index in [2.05, 4.69) is 0 Å². The largest absolute Gasteiger partial charge is 0.497 e. The monoisotopic (exact) mass is 262 g/mol. The van der Waals surface area contributed by atoms with Gasteiger partial charge in [-0.2, -0.15) is 0 Å². The molecule has 2 N–H and O–H groups in total. The van der Waals surface area contributed by atoms with Gasteiger partial charge in [0, 0.05) is 19.5 Å². The van der Waals surface area contributed by atoms with E-state index in [9.17, 15) is 9.59 Å². The van der Waals surface area contributed by atoms with E-state index in [1.54, 1.807) is 12.0 Å². The summed E-state index contributed by atoms with van der Waals surface area (Å²) in [5.41, 5.74) is 6.33. The van der Waals surface area contributed by atoms with Gasteiger partial charge in [-0.25, -0.2) is 0 Å². The first-order valence-corrected chi connectivity index (χ1v) is 6.30. The minimum atomic E-state index is -0.327. The summed E-state index contributed by atoms with van der Waals surface area (Å²) in [5.74, 6) is 0.306. The molecule has 0 unspecified atom stereocenters. The van der Waals surface area contributed by atoms with Crippen LogP contribution < -0.4 is 10.5 Å². The fraction of sp³-hybridized carbons (Fsp3) is 0.429. The van der Waals surface area contributed by atoms with Gasteiger partial charge in [-0.1, -0.05) is 12.1 Å². The van der Waals surface area contributed by atoms with Crippen LogP contribution in [0, 0.1) is 5.92 Å². The number of piperidine rings is 1. The Bertz CT molecular complexity index is 470. The van der Waals surface area contributed by atoms with Crippen LogP contribution in [0.1, 0.15) is 18.4 Å². The van der Waals surface area contributed by atoms with Gasteiger partial charge in [0.2, 0.25) is 11.8 Å². The number of hydrogen-bond donors (Lipinski definition) is 1. The van der Waals surface area contributed by atoms with Crippen LogP contribution in [-0.4, -0.2) is 30.4 Å². The average Bonchev–Trinajstić information content (AvgIpc) is 2.42. The standard InChI is InChI=1S/C14H18N2O3/c1-19-12-5-2-10(3-6-12)8-16-9-11(14(15)18)4-7-13(16)17/h2-3,5-6,11H,4,7-9H2,1H3,(H2,15,18)/t11-/m0/s1. The van der Waals surface area contributed by atoms with Crippen molar-refractivity contribution in [3.63, 3.8) is 0 Å². The van der Waals surface area contributed by atoms with E-state index in [0.717, 1.165) is 11.3 Å². The fourth-order valence-corrected chi connectivity index (χ4v) is 2.25. The molecule has 1 aliphatic rings. The number of hydrogen-bond acceptors (Lipinski definition) is 3. The van der Waals surface area contributed by atoms with Crippen LogP contribution in [0.25, 0.3) is 0 Å². The number of ether oxygens (including phenoxy) is 1. The van der Waals surface area contributed by atoms with Crippen molar-refractivity contribution in [2.24, 2.45) is 11.7 Å². The molecule has 1 atom stereocenters. The van der Waals surface area contributed by atoms with Gasteiger partial charge in [0.15, 0.2) is 0 Å². The first kappa shape index (κ1) is 13.4. The highest BCUT2D eigenvalue weighted by atomic mass is 16.5. The van der Waals surface area contributed by atoms with Crippen molar-refractivity contribution >= 4 is 11.8 Å². The van der Waals surface area contributed by atoms with Crippen LogP contribution in [0.5, 0.6) is 5.75 Å². The third-order valence-electron chi connectivity index (χ3n) is 3.44. The highest BCUT2D eigenvalue weighted by molar-refractivity contribution is 5.82. The SMILES string of the molecule is COc1ccc(CN2C[C@@H](C(N)=O)CCC2=O)cc1. The normalized spacial score (nSPS) is 19.3. The first-order valence-electron chi connectivity index (χ1n) is 6.30. The van der Waals surface area contributed by atoms with E-state index in [4.69, 9.17) is 10.5 Å². The summed E-state index contributed by atoms with van der Waals surface area (Å²) in [4.78, 5) is 24.7. The molecule has 5 heteroatoms. The molecule has 1 aromatic rings. The lowest BCUT2D eigenvalue weighted by Gasteiger charge is -2.31. The van der Waals surface area contributed by atoms with Crippen molar-refractivity contribution < 1.29 is 14.3 Å². The lowest BCUT2D eigenvalue weighted by molar-refractivity contribution is -0.138. The summed E-state index contributed by atoms with van der Waals surface area (Å²) < 4.78 is 5.09. The Balaban J connectivity index is 2.03. The third-order valence-corrected chi connectivity index (χ3v) is 3.44. The van der Waals surface area contributed by atoms with Gasteiger partial charge in [-0.05, 0) is 24.1 Å². The van der Waals surface area contributed by atoms with Gasteiger partial charge in [-0.3, -0.25) is 9.59 Å². The van der Waals surface area contributed by atoms with E-state index in [1.807, 2.05) is 24.3 Å². The molecule has 2 amide bonds. The number of carbonyl (C=O) groups is 2. The predicted octanol–water partition coefficient (Wildman–Crippen LogP) is 0.919. The zero-order chi connectivity index (χ0) is 13.8. The number of nitrogens with zero attached hydrogens (tertiary/aromatic N) is 1. The summed E-state index contributed by atoms with van der Waals surface area (Å²) in [6, 6.07) is 7.55. The molecule has 2 rings (SSSR count). The first-order chi connectivity index (χ1) is 9.10. The van der Waals surface area contributed by atoms with Crippen LogP contribution in [0.15, 0.2) is 24.3 Å². The number of primary amides is 1. The molecule has 102 valence electrons. The summed E-state index contributed by atoms with van der Waals surface area (Å²) >= 11 is 0. The van der Waals surface area contributed by atoms with E-state index >= 15 is 0 Å². The molecule has 1 heterocycles.